The van der Waals surface area contributed by atoms with Crippen molar-refractivity contribution in [3.05, 3.63) is 36.4 Å². The third-order valence-electron chi connectivity index (χ3n) is 2.60. The summed E-state index contributed by atoms with van der Waals surface area (Å²) in [5.74, 6) is 0.319. The van der Waals surface area contributed by atoms with E-state index in [9.17, 15) is 5.11 Å². The molecule has 3 heteroatoms. The van der Waals surface area contributed by atoms with Gasteiger partial charge in [0.2, 0.25) is 0 Å². The summed E-state index contributed by atoms with van der Waals surface area (Å²) < 4.78 is 0. The largest absolute Gasteiger partial charge is 0.507 e. The zero-order valence-electron chi connectivity index (χ0n) is 9.11. The van der Waals surface area contributed by atoms with Crippen LogP contribution in [0.4, 0.5) is 5.69 Å². The van der Waals surface area contributed by atoms with Gasteiger partial charge in [0, 0.05) is 23.0 Å². The molecule has 0 fully saturated rings. The maximum absolute atomic E-state index is 9.72. The first-order valence-electron chi connectivity index (χ1n) is 5.47. The molecule has 0 atom stereocenters. The van der Waals surface area contributed by atoms with Crippen LogP contribution in [0.3, 0.4) is 0 Å². The second-order valence-corrected chi connectivity index (χ2v) is 3.75. The Labute approximate surface area is 94.9 Å². The Morgan fingerprint density at radius 2 is 1.81 bits per heavy atom. The van der Waals surface area contributed by atoms with Crippen molar-refractivity contribution in [3.63, 3.8) is 0 Å². The summed E-state index contributed by atoms with van der Waals surface area (Å²) in [6, 6.07) is 11.4. The minimum Gasteiger partial charge on any atom is -0.507 e. The molecule has 0 heterocycles. The number of phenols is 1. The average molecular weight is 216 g/mol. The Morgan fingerprint density at radius 1 is 1.06 bits per heavy atom. The number of aromatic hydroxyl groups is 1. The molecule has 0 aliphatic rings. The van der Waals surface area contributed by atoms with Crippen LogP contribution in [0, 0.1) is 0 Å². The zero-order chi connectivity index (χ0) is 11.4. The molecule has 0 aromatic heterocycles. The molecule has 0 bridgehead atoms. The van der Waals surface area contributed by atoms with E-state index in [0.29, 0.717) is 12.3 Å². The van der Waals surface area contributed by atoms with Crippen LogP contribution >= 0.6 is 0 Å². The Balaban J connectivity index is 2.34. The number of anilines is 1. The van der Waals surface area contributed by atoms with Gasteiger partial charge in [-0.2, -0.15) is 0 Å². The molecule has 0 radical (unpaired) electrons. The Kier molecular flexibility index (Phi) is 3.27. The first-order valence-corrected chi connectivity index (χ1v) is 5.47. The molecular weight excluding hydrogens is 200 g/mol. The quantitative estimate of drug-likeness (QED) is 0.687. The molecular formula is C13H16N2O. The molecule has 84 valence electrons. The van der Waals surface area contributed by atoms with Gasteiger partial charge in [0.05, 0.1) is 0 Å². The molecule has 2 aromatic carbocycles. The van der Waals surface area contributed by atoms with Crippen LogP contribution in [0.2, 0.25) is 0 Å². The first-order chi connectivity index (χ1) is 7.83. The highest BCUT2D eigenvalue weighted by Crippen LogP contribution is 2.29. The van der Waals surface area contributed by atoms with E-state index in [1.54, 1.807) is 6.07 Å². The van der Waals surface area contributed by atoms with E-state index in [0.717, 1.165) is 29.4 Å². The number of hydrogen-bond donors (Lipinski definition) is 3. The topological polar surface area (TPSA) is 58.3 Å². The summed E-state index contributed by atoms with van der Waals surface area (Å²) in [5.41, 5.74) is 6.49. The second kappa shape index (κ2) is 4.86. The average Bonchev–Trinajstić information content (AvgIpc) is 2.31. The van der Waals surface area contributed by atoms with Gasteiger partial charge in [-0.3, -0.25) is 0 Å². The smallest absolute Gasteiger partial charge is 0.123 e. The van der Waals surface area contributed by atoms with E-state index >= 15 is 0 Å². The van der Waals surface area contributed by atoms with Gasteiger partial charge >= 0.3 is 0 Å². The fourth-order valence-electron chi connectivity index (χ4n) is 1.77. The number of benzene rings is 2. The lowest BCUT2D eigenvalue weighted by Crippen LogP contribution is -2.08. The summed E-state index contributed by atoms with van der Waals surface area (Å²) in [6.45, 7) is 1.54. The molecule has 16 heavy (non-hydrogen) atoms. The molecule has 0 spiro atoms. The monoisotopic (exact) mass is 216 g/mol. The molecule has 0 saturated carbocycles. The van der Waals surface area contributed by atoms with Crippen molar-refractivity contribution in [3.8, 4) is 5.75 Å². The minimum atomic E-state index is 0.319. The Morgan fingerprint density at radius 3 is 2.62 bits per heavy atom. The predicted molar refractivity (Wildman–Crippen MR) is 67.8 cm³/mol. The lowest BCUT2D eigenvalue weighted by atomic mass is 10.1. The Bertz CT molecular complexity index is 482. The van der Waals surface area contributed by atoms with E-state index in [4.69, 9.17) is 5.73 Å². The number of hydrogen-bond acceptors (Lipinski definition) is 3. The van der Waals surface area contributed by atoms with E-state index in [-0.39, 0.29) is 0 Å². The molecule has 4 N–H and O–H groups in total. The van der Waals surface area contributed by atoms with Crippen molar-refractivity contribution in [2.24, 2.45) is 5.73 Å². The van der Waals surface area contributed by atoms with Gasteiger partial charge < -0.3 is 16.2 Å². The highest BCUT2D eigenvalue weighted by atomic mass is 16.3. The number of rotatable bonds is 4. The third kappa shape index (κ3) is 2.09. The van der Waals surface area contributed by atoms with E-state index in [1.807, 2.05) is 30.3 Å². The second-order valence-electron chi connectivity index (χ2n) is 3.75. The molecule has 0 unspecified atom stereocenters. The summed E-state index contributed by atoms with van der Waals surface area (Å²) in [7, 11) is 0. The molecule has 2 rings (SSSR count). The van der Waals surface area contributed by atoms with Crippen LogP contribution in [0.1, 0.15) is 6.42 Å². The van der Waals surface area contributed by atoms with E-state index in [1.165, 1.54) is 0 Å². The minimum absolute atomic E-state index is 0.319. The number of nitrogens with one attached hydrogen (secondary N) is 1. The van der Waals surface area contributed by atoms with Crippen LogP contribution in [-0.4, -0.2) is 18.2 Å². The predicted octanol–water partition coefficient (Wildman–Crippen LogP) is 2.31. The highest BCUT2D eigenvalue weighted by molar-refractivity contribution is 5.97. The highest BCUT2D eigenvalue weighted by Gasteiger charge is 2.02. The normalized spacial score (nSPS) is 10.6. The molecule has 2 aromatic rings. The lowest BCUT2D eigenvalue weighted by molar-refractivity contribution is 0.481. The zero-order valence-corrected chi connectivity index (χ0v) is 9.11. The number of fused-ring (bicyclic) bond motifs is 1. The fourth-order valence-corrected chi connectivity index (χ4v) is 1.77. The van der Waals surface area contributed by atoms with Gasteiger partial charge in [0.25, 0.3) is 0 Å². The third-order valence-corrected chi connectivity index (χ3v) is 2.60. The van der Waals surface area contributed by atoms with E-state index < -0.39 is 0 Å². The molecule has 0 aliphatic carbocycles. The van der Waals surface area contributed by atoms with Crippen molar-refractivity contribution in [1.29, 1.82) is 0 Å². The van der Waals surface area contributed by atoms with Gasteiger partial charge in [-0.05, 0) is 25.1 Å². The summed E-state index contributed by atoms with van der Waals surface area (Å²) >= 11 is 0. The van der Waals surface area contributed by atoms with Crippen LogP contribution in [0.5, 0.6) is 5.75 Å². The van der Waals surface area contributed by atoms with E-state index in [2.05, 4.69) is 5.32 Å². The Hall–Kier alpha value is -1.74. The van der Waals surface area contributed by atoms with Gasteiger partial charge in [0.1, 0.15) is 5.75 Å². The molecule has 0 amide bonds. The van der Waals surface area contributed by atoms with Crippen LogP contribution in [-0.2, 0) is 0 Å². The lowest BCUT2D eigenvalue weighted by Gasteiger charge is -2.09. The summed E-state index contributed by atoms with van der Waals surface area (Å²) in [6.07, 6.45) is 0.940. The fraction of sp³-hybridized carbons (Fsp3) is 0.231. The van der Waals surface area contributed by atoms with Gasteiger partial charge in [-0.15, -0.1) is 0 Å². The van der Waals surface area contributed by atoms with Crippen LogP contribution in [0.25, 0.3) is 10.8 Å². The summed E-state index contributed by atoms with van der Waals surface area (Å²) in [4.78, 5) is 0. The van der Waals surface area contributed by atoms with Crippen molar-refractivity contribution < 1.29 is 5.11 Å². The SMILES string of the molecule is NCCCNc1cccc2c(O)cccc12. The van der Waals surface area contributed by atoms with Gasteiger partial charge in [0.15, 0.2) is 0 Å². The van der Waals surface area contributed by atoms with Crippen molar-refractivity contribution >= 4 is 16.5 Å². The maximum Gasteiger partial charge on any atom is 0.123 e. The van der Waals surface area contributed by atoms with Crippen molar-refractivity contribution in [2.45, 2.75) is 6.42 Å². The van der Waals surface area contributed by atoms with Crippen molar-refractivity contribution in [1.82, 2.24) is 0 Å². The van der Waals surface area contributed by atoms with Gasteiger partial charge in [-0.25, -0.2) is 0 Å². The van der Waals surface area contributed by atoms with Gasteiger partial charge in [-0.1, -0.05) is 24.3 Å². The summed E-state index contributed by atoms with van der Waals surface area (Å²) in [5, 5.41) is 15.0. The number of nitrogens with two attached hydrogens (primary N) is 1. The number of phenolic OH excluding ortho intramolecular Hbond substituents is 1. The van der Waals surface area contributed by atoms with Crippen LogP contribution in [0.15, 0.2) is 36.4 Å². The first kappa shape index (κ1) is 10.8. The molecule has 0 saturated heterocycles. The van der Waals surface area contributed by atoms with Crippen molar-refractivity contribution in [2.75, 3.05) is 18.4 Å². The molecule has 3 nitrogen and oxygen atoms in total. The standard InChI is InChI=1S/C13H16N2O/c14-8-3-9-15-12-6-1-5-11-10(12)4-2-7-13(11)16/h1-2,4-7,15-16H,3,8-9,14H2. The maximum atomic E-state index is 9.72. The van der Waals surface area contributed by atoms with Crippen LogP contribution < -0.4 is 11.1 Å². The molecule has 0 aliphatic heterocycles.